The Morgan fingerprint density at radius 2 is 2.11 bits per heavy atom. The van der Waals surface area contributed by atoms with Gasteiger partial charge < -0.3 is 10.6 Å². The minimum absolute atomic E-state index is 0.0394. The van der Waals surface area contributed by atoms with Gasteiger partial charge in [-0.1, -0.05) is 18.2 Å². The SMILES string of the molecule is CC(N)c1ccccc1N(C)Cc1cnn(C)c1. The number of rotatable bonds is 4. The quantitative estimate of drug-likeness (QED) is 0.895. The normalized spacial score (nSPS) is 12.4. The van der Waals surface area contributed by atoms with Crippen LogP contribution in [0.15, 0.2) is 36.7 Å². The van der Waals surface area contributed by atoms with E-state index in [1.54, 1.807) is 0 Å². The molecule has 1 atom stereocenters. The predicted molar refractivity (Wildman–Crippen MR) is 74.4 cm³/mol. The van der Waals surface area contributed by atoms with Crippen LogP contribution < -0.4 is 10.6 Å². The fraction of sp³-hybridized carbons (Fsp3) is 0.357. The molecule has 4 heteroatoms. The second-order valence-electron chi connectivity index (χ2n) is 4.73. The molecule has 0 spiro atoms. The Balaban J connectivity index is 2.20. The Kier molecular flexibility index (Phi) is 3.67. The van der Waals surface area contributed by atoms with Gasteiger partial charge in [0.15, 0.2) is 0 Å². The number of hydrogen-bond acceptors (Lipinski definition) is 3. The second kappa shape index (κ2) is 5.23. The van der Waals surface area contributed by atoms with E-state index in [2.05, 4.69) is 29.2 Å². The average molecular weight is 244 g/mol. The van der Waals surface area contributed by atoms with E-state index in [4.69, 9.17) is 5.73 Å². The van der Waals surface area contributed by atoms with Gasteiger partial charge in [0, 0.05) is 44.1 Å². The number of anilines is 1. The van der Waals surface area contributed by atoms with Crippen molar-refractivity contribution in [2.75, 3.05) is 11.9 Å². The Morgan fingerprint density at radius 1 is 1.39 bits per heavy atom. The molecule has 0 aliphatic rings. The lowest BCUT2D eigenvalue weighted by Gasteiger charge is -2.23. The topological polar surface area (TPSA) is 47.1 Å². The Morgan fingerprint density at radius 3 is 2.72 bits per heavy atom. The molecule has 96 valence electrons. The summed E-state index contributed by atoms with van der Waals surface area (Å²) in [4.78, 5) is 2.20. The van der Waals surface area contributed by atoms with Crippen LogP contribution in [-0.2, 0) is 13.6 Å². The molecule has 1 aromatic heterocycles. The van der Waals surface area contributed by atoms with Gasteiger partial charge in [0.1, 0.15) is 0 Å². The van der Waals surface area contributed by atoms with Crippen LogP contribution >= 0.6 is 0 Å². The predicted octanol–water partition coefficient (Wildman–Crippen LogP) is 2.08. The van der Waals surface area contributed by atoms with Crippen molar-refractivity contribution in [1.29, 1.82) is 0 Å². The molecule has 2 aromatic rings. The van der Waals surface area contributed by atoms with Gasteiger partial charge in [-0.25, -0.2) is 0 Å². The Labute approximate surface area is 108 Å². The Hall–Kier alpha value is -1.81. The highest BCUT2D eigenvalue weighted by Gasteiger charge is 2.10. The molecular weight excluding hydrogens is 224 g/mol. The van der Waals surface area contributed by atoms with E-state index in [1.807, 2.05) is 43.2 Å². The van der Waals surface area contributed by atoms with Gasteiger partial charge in [0.25, 0.3) is 0 Å². The van der Waals surface area contributed by atoms with Crippen molar-refractivity contribution in [3.63, 3.8) is 0 Å². The summed E-state index contributed by atoms with van der Waals surface area (Å²) in [5.74, 6) is 0. The van der Waals surface area contributed by atoms with Crippen LogP contribution in [-0.4, -0.2) is 16.8 Å². The third-order valence-corrected chi connectivity index (χ3v) is 3.02. The van der Waals surface area contributed by atoms with Gasteiger partial charge in [-0.15, -0.1) is 0 Å². The van der Waals surface area contributed by atoms with Crippen molar-refractivity contribution in [3.05, 3.63) is 47.8 Å². The number of hydrogen-bond donors (Lipinski definition) is 1. The standard InChI is InChI=1S/C14H20N4/c1-11(15)13-6-4-5-7-14(13)17(2)9-12-8-16-18(3)10-12/h4-8,10-11H,9,15H2,1-3H3. The lowest BCUT2D eigenvalue weighted by molar-refractivity contribution is 0.766. The van der Waals surface area contributed by atoms with Crippen LogP contribution in [0.5, 0.6) is 0 Å². The highest BCUT2D eigenvalue weighted by Crippen LogP contribution is 2.25. The summed E-state index contributed by atoms with van der Waals surface area (Å²) in [6.45, 7) is 2.84. The molecular formula is C14H20N4. The molecule has 0 saturated carbocycles. The van der Waals surface area contributed by atoms with Crippen molar-refractivity contribution in [2.45, 2.75) is 19.5 Å². The molecule has 0 amide bonds. The fourth-order valence-electron chi connectivity index (χ4n) is 2.13. The highest BCUT2D eigenvalue weighted by molar-refractivity contribution is 5.54. The molecule has 4 nitrogen and oxygen atoms in total. The summed E-state index contributed by atoms with van der Waals surface area (Å²) >= 11 is 0. The monoisotopic (exact) mass is 244 g/mol. The van der Waals surface area contributed by atoms with E-state index >= 15 is 0 Å². The maximum Gasteiger partial charge on any atom is 0.0539 e. The van der Waals surface area contributed by atoms with Crippen LogP contribution in [0.25, 0.3) is 0 Å². The first kappa shape index (κ1) is 12.6. The van der Waals surface area contributed by atoms with Crippen LogP contribution in [0.2, 0.25) is 0 Å². The summed E-state index contributed by atoms with van der Waals surface area (Å²) < 4.78 is 1.82. The molecule has 1 heterocycles. The van der Waals surface area contributed by atoms with Crippen LogP contribution in [0.4, 0.5) is 5.69 Å². The number of aromatic nitrogens is 2. The number of benzene rings is 1. The van der Waals surface area contributed by atoms with E-state index < -0.39 is 0 Å². The van der Waals surface area contributed by atoms with E-state index in [9.17, 15) is 0 Å². The summed E-state index contributed by atoms with van der Waals surface area (Å²) in [5.41, 5.74) is 9.55. The van der Waals surface area contributed by atoms with Gasteiger partial charge in [-0.3, -0.25) is 4.68 Å². The molecule has 0 aliphatic heterocycles. The van der Waals surface area contributed by atoms with E-state index in [1.165, 1.54) is 16.8 Å². The van der Waals surface area contributed by atoms with Crippen molar-refractivity contribution in [2.24, 2.45) is 12.8 Å². The first-order valence-electron chi connectivity index (χ1n) is 6.11. The molecule has 0 saturated heterocycles. The molecule has 2 rings (SSSR count). The summed E-state index contributed by atoms with van der Waals surface area (Å²) in [5, 5.41) is 4.19. The van der Waals surface area contributed by atoms with E-state index in [0.29, 0.717) is 0 Å². The smallest absolute Gasteiger partial charge is 0.0539 e. The van der Waals surface area contributed by atoms with Gasteiger partial charge >= 0.3 is 0 Å². The number of para-hydroxylation sites is 1. The number of nitrogens with two attached hydrogens (primary N) is 1. The molecule has 0 aliphatic carbocycles. The van der Waals surface area contributed by atoms with Crippen molar-refractivity contribution in [1.82, 2.24) is 9.78 Å². The number of aryl methyl sites for hydroxylation is 1. The molecule has 0 fully saturated rings. The second-order valence-corrected chi connectivity index (χ2v) is 4.73. The maximum atomic E-state index is 6.01. The molecule has 18 heavy (non-hydrogen) atoms. The zero-order chi connectivity index (χ0) is 13.1. The van der Waals surface area contributed by atoms with Crippen LogP contribution in [0.1, 0.15) is 24.1 Å². The van der Waals surface area contributed by atoms with E-state index in [-0.39, 0.29) is 6.04 Å². The lowest BCUT2D eigenvalue weighted by Crippen LogP contribution is -2.19. The van der Waals surface area contributed by atoms with Gasteiger partial charge in [-0.2, -0.15) is 5.10 Å². The first-order chi connectivity index (χ1) is 8.58. The third kappa shape index (κ3) is 2.71. The first-order valence-corrected chi connectivity index (χ1v) is 6.11. The zero-order valence-corrected chi connectivity index (χ0v) is 11.2. The van der Waals surface area contributed by atoms with Crippen LogP contribution in [0, 0.1) is 0 Å². The summed E-state index contributed by atoms with van der Waals surface area (Å²) in [6.07, 6.45) is 3.93. The third-order valence-electron chi connectivity index (χ3n) is 3.02. The van der Waals surface area contributed by atoms with Crippen molar-refractivity contribution < 1.29 is 0 Å². The maximum absolute atomic E-state index is 6.01. The van der Waals surface area contributed by atoms with Gasteiger partial charge in [-0.05, 0) is 18.6 Å². The minimum Gasteiger partial charge on any atom is -0.370 e. The Bertz CT molecular complexity index is 516. The highest BCUT2D eigenvalue weighted by atomic mass is 15.2. The largest absolute Gasteiger partial charge is 0.370 e. The molecule has 0 radical (unpaired) electrons. The zero-order valence-electron chi connectivity index (χ0n) is 11.2. The summed E-state index contributed by atoms with van der Waals surface area (Å²) in [6, 6.07) is 8.30. The summed E-state index contributed by atoms with van der Waals surface area (Å²) in [7, 11) is 4.01. The van der Waals surface area contributed by atoms with Crippen LogP contribution in [0.3, 0.4) is 0 Å². The van der Waals surface area contributed by atoms with Gasteiger partial charge in [0.2, 0.25) is 0 Å². The fourth-order valence-corrected chi connectivity index (χ4v) is 2.13. The van der Waals surface area contributed by atoms with Crippen molar-refractivity contribution in [3.8, 4) is 0 Å². The van der Waals surface area contributed by atoms with Crippen molar-refractivity contribution >= 4 is 5.69 Å². The minimum atomic E-state index is 0.0394. The molecule has 1 unspecified atom stereocenters. The van der Waals surface area contributed by atoms with Gasteiger partial charge in [0.05, 0.1) is 6.20 Å². The molecule has 0 bridgehead atoms. The van der Waals surface area contributed by atoms with E-state index in [0.717, 1.165) is 6.54 Å². The number of nitrogens with zero attached hydrogens (tertiary/aromatic N) is 3. The average Bonchev–Trinajstić information content (AvgIpc) is 2.74. The lowest BCUT2D eigenvalue weighted by atomic mass is 10.1. The molecule has 2 N–H and O–H groups in total. The molecule has 1 aromatic carbocycles.